The molecular weight excluding hydrogens is 423 g/mol. The van der Waals surface area contributed by atoms with E-state index >= 15 is 0 Å². The van der Waals surface area contributed by atoms with E-state index in [0.717, 1.165) is 45.0 Å². The number of benzene rings is 2. The summed E-state index contributed by atoms with van der Waals surface area (Å²) in [5.41, 5.74) is 7.30. The van der Waals surface area contributed by atoms with E-state index in [2.05, 4.69) is 19.1 Å². The predicted octanol–water partition coefficient (Wildman–Crippen LogP) is 8.09. The van der Waals surface area contributed by atoms with Crippen molar-refractivity contribution in [2.75, 3.05) is 0 Å². The van der Waals surface area contributed by atoms with Gasteiger partial charge in [-0.15, -0.1) is 0 Å². The van der Waals surface area contributed by atoms with E-state index in [1.54, 1.807) is 0 Å². The van der Waals surface area contributed by atoms with Crippen LogP contribution >= 0.6 is 0 Å². The number of alkyl halides is 3. The molecule has 0 N–H and O–H groups in total. The van der Waals surface area contributed by atoms with E-state index in [-0.39, 0.29) is 18.8 Å². The van der Waals surface area contributed by atoms with Gasteiger partial charge in [-0.05, 0) is 87.3 Å². The van der Waals surface area contributed by atoms with Crippen LogP contribution in [-0.4, -0.2) is 11.2 Å². The molecule has 0 saturated heterocycles. The summed E-state index contributed by atoms with van der Waals surface area (Å²) >= 11 is 0. The third kappa shape index (κ3) is 5.58. The van der Waals surface area contributed by atoms with Crippen molar-refractivity contribution in [1.82, 2.24) is 4.98 Å². The zero-order chi connectivity index (χ0) is 23.6. The molecular formula is C28H30F3NO. The summed E-state index contributed by atoms with van der Waals surface area (Å²) in [6.07, 6.45) is -2.43. The molecule has 1 saturated carbocycles. The molecule has 0 atom stereocenters. The topological polar surface area (TPSA) is 22.1 Å². The Bertz CT molecular complexity index is 1100. The van der Waals surface area contributed by atoms with Gasteiger partial charge in [-0.1, -0.05) is 42.0 Å². The molecule has 0 unspecified atom stereocenters. The molecule has 1 aliphatic carbocycles. The summed E-state index contributed by atoms with van der Waals surface area (Å²) in [4.78, 5) is 4.73. The standard InChI is InChI=1S/C28H30F3NO/c1-18-4-15-27(25(16-18)26-14-5-19(2)20(3)32-26)33-17-21-6-8-22(9-7-21)23-10-12-24(13-11-23)28(29,30)31/h4-9,14-16,23-24H,10-13,17H2,1-3H3. The number of nitrogens with zero attached hydrogens (tertiary/aromatic N) is 1. The summed E-state index contributed by atoms with van der Waals surface area (Å²) in [5, 5.41) is 0. The molecule has 1 heterocycles. The van der Waals surface area contributed by atoms with Crippen LogP contribution in [0.4, 0.5) is 13.2 Å². The number of ether oxygens (including phenoxy) is 1. The van der Waals surface area contributed by atoms with Crippen molar-refractivity contribution in [3.05, 3.63) is 82.5 Å². The molecule has 1 aliphatic rings. The lowest BCUT2D eigenvalue weighted by Gasteiger charge is -2.30. The number of aryl methyl sites for hydroxylation is 3. The van der Waals surface area contributed by atoms with Gasteiger partial charge in [-0.2, -0.15) is 13.2 Å². The fourth-order valence-electron chi connectivity index (χ4n) is 4.55. The third-order valence-electron chi connectivity index (χ3n) is 6.80. The highest BCUT2D eigenvalue weighted by atomic mass is 19.4. The number of hydrogen-bond donors (Lipinski definition) is 0. The van der Waals surface area contributed by atoms with Gasteiger partial charge in [-0.25, -0.2) is 0 Å². The Morgan fingerprint density at radius 3 is 2.21 bits per heavy atom. The van der Waals surface area contributed by atoms with Crippen LogP contribution < -0.4 is 4.74 Å². The van der Waals surface area contributed by atoms with Crippen molar-refractivity contribution >= 4 is 0 Å². The van der Waals surface area contributed by atoms with Gasteiger partial charge in [0.15, 0.2) is 0 Å². The summed E-state index contributed by atoms with van der Waals surface area (Å²) in [7, 11) is 0. The van der Waals surface area contributed by atoms with Gasteiger partial charge in [0.25, 0.3) is 0 Å². The molecule has 0 amide bonds. The van der Waals surface area contributed by atoms with Crippen LogP contribution in [0.2, 0.25) is 0 Å². The molecule has 0 bridgehead atoms. The van der Waals surface area contributed by atoms with E-state index in [0.29, 0.717) is 19.4 Å². The lowest BCUT2D eigenvalue weighted by molar-refractivity contribution is -0.182. The normalized spacial score (nSPS) is 18.8. The van der Waals surface area contributed by atoms with Gasteiger partial charge in [-0.3, -0.25) is 4.98 Å². The molecule has 0 aliphatic heterocycles. The first-order valence-electron chi connectivity index (χ1n) is 11.5. The monoisotopic (exact) mass is 453 g/mol. The average Bonchev–Trinajstić information content (AvgIpc) is 2.80. The van der Waals surface area contributed by atoms with Gasteiger partial charge in [0.05, 0.1) is 11.6 Å². The van der Waals surface area contributed by atoms with Crippen LogP contribution in [-0.2, 0) is 6.61 Å². The second-order valence-electron chi connectivity index (χ2n) is 9.22. The van der Waals surface area contributed by atoms with Gasteiger partial charge < -0.3 is 4.74 Å². The van der Waals surface area contributed by atoms with Crippen molar-refractivity contribution in [3.63, 3.8) is 0 Å². The Morgan fingerprint density at radius 1 is 0.879 bits per heavy atom. The van der Waals surface area contributed by atoms with Gasteiger partial charge in [0.2, 0.25) is 0 Å². The fourth-order valence-corrected chi connectivity index (χ4v) is 4.55. The van der Waals surface area contributed by atoms with E-state index in [1.807, 2.05) is 56.3 Å². The lowest BCUT2D eigenvalue weighted by atomic mass is 9.78. The second-order valence-corrected chi connectivity index (χ2v) is 9.22. The molecule has 0 radical (unpaired) electrons. The Kier molecular flexibility index (Phi) is 6.78. The zero-order valence-corrected chi connectivity index (χ0v) is 19.4. The SMILES string of the molecule is Cc1ccc(OCc2ccc(C3CCC(C(F)(F)F)CC3)cc2)c(-c2ccc(C)c(C)n2)c1. The smallest absolute Gasteiger partial charge is 0.391 e. The maximum atomic E-state index is 12.9. The number of hydrogen-bond acceptors (Lipinski definition) is 2. The second kappa shape index (κ2) is 9.58. The average molecular weight is 454 g/mol. The van der Waals surface area contributed by atoms with Crippen LogP contribution in [0.15, 0.2) is 54.6 Å². The molecule has 5 heteroatoms. The number of aromatic nitrogens is 1. The zero-order valence-electron chi connectivity index (χ0n) is 19.4. The highest BCUT2D eigenvalue weighted by molar-refractivity contribution is 5.68. The van der Waals surface area contributed by atoms with Crippen molar-refractivity contribution in [2.45, 2.75) is 65.2 Å². The quantitative estimate of drug-likeness (QED) is 0.389. The Hall–Kier alpha value is -2.82. The van der Waals surface area contributed by atoms with E-state index in [9.17, 15) is 13.2 Å². The molecule has 1 aromatic heterocycles. The summed E-state index contributed by atoms with van der Waals surface area (Å²) in [6, 6.07) is 18.3. The summed E-state index contributed by atoms with van der Waals surface area (Å²) < 4.78 is 45.0. The first-order chi connectivity index (χ1) is 15.7. The van der Waals surface area contributed by atoms with E-state index < -0.39 is 12.1 Å². The number of pyridine rings is 1. The van der Waals surface area contributed by atoms with Crippen molar-refractivity contribution in [1.29, 1.82) is 0 Å². The maximum Gasteiger partial charge on any atom is 0.391 e. The first-order valence-corrected chi connectivity index (χ1v) is 11.5. The van der Waals surface area contributed by atoms with Crippen LogP contribution in [0, 0.1) is 26.7 Å². The minimum Gasteiger partial charge on any atom is -0.488 e. The summed E-state index contributed by atoms with van der Waals surface area (Å²) in [6.45, 7) is 6.52. The maximum absolute atomic E-state index is 12.9. The number of rotatable bonds is 5. The van der Waals surface area contributed by atoms with E-state index in [4.69, 9.17) is 9.72 Å². The van der Waals surface area contributed by atoms with Crippen molar-refractivity contribution < 1.29 is 17.9 Å². The van der Waals surface area contributed by atoms with Crippen molar-refractivity contribution in [3.8, 4) is 17.0 Å². The molecule has 0 spiro atoms. The van der Waals surface area contributed by atoms with Crippen LogP contribution in [0.25, 0.3) is 11.3 Å². The number of halogens is 3. The Labute approximate surface area is 193 Å². The lowest BCUT2D eigenvalue weighted by Crippen LogP contribution is -2.27. The van der Waals surface area contributed by atoms with Crippen LogP contribution in [0.5, 0.6) is 5.75 Å². The minimum absolute atomic E-state index is 0.207. The highest BCUT2D eigenvalue weighted by Crippen LogP contribution is 2.43. The van der Waals surface area contributed by atoms with Gasteiger partial charge >= 0.3 is 6.18 Å². The van der Waals surface area contributed by atoms with Crippen LogP contribution in [0.1, 0.15) is 59.5 Å². The van der Waals surface area contributed by atoms with E-state index in [1.165, 1.54) is 0 Å². The van der Waals surface area contributed by atoms with Crippen molar-refractivity contribution in [2.24, 2.45) is 5.92 Å². The molecule has 1 fully saturated rings. The van der Waals surface area contributed by atoms with Gasteiger partial charge in [0.1, 0.15) is 12.4 Å². The molecule has 174 valence electrons. The Balaban J connectivity index is 1.42. The molecule has 2 nitrogen and oxygen atoms in total. The highest BCUT2D eigenvalue weighted by Gasteiger charge is 2.41. The van der Waals surface area contributed by atoms with Crippen LogP contribution in [0.3, 0.4) is 0 Å². The third-order valence-corrected chi connectivity index (χ3v) is 6.80. The molecule has 4 rings (SSSR count). The minimum atomic E-state index is -4.06. The van der Waals surface area contributed by atoms with Gasteiger partial charge in [0, 0.05) is 11.3 Å². The molecule has 2 aromatic carbocycles. The molecule has 33 heavy (non-hydrogen) atoms. The fraction of sp³-hybridized carbons (Fsp3) is 0.393. The molecule has 3 aromatic rings. The Morgan fingerprint density at radius 2 is 1.58 bits per heavy atom. The first kappa shape index (κ1) is 23.3. The summed E-state index contributed by atoms with van der Waals surface area (Å²) in [5.74, 6) is -0.152. The predicted molar refractivity (Wildman–Crippen MR) is 125 cm³/mol. The largest absolute Gasteiger partial charge is 0.488 e.